The van der Waals surface area contributed by atoms with E-state index in [-0.39, 0.29) is 12.5 Å². The fourth-order valence-electron chi connectivity index (χ4n) is 2.93. The lowest BCUT2D eigenvalue weighted by atomic mass is 10.0. The van der Waals surface area contributed by atoms with Gasteiger partial charge in [0.2, 0.25) is 0 Å². The lowest BCUT2D eigenvalue weighted by molar-refractivity contribution is 0.0916. The fraction of sp³-hybridized carbons (Fsp3) is 0.190. The lowest BCUT2D eigenvalue weighted by Gasteiger charge is -2.14. The molecule has 3 aromatic rings. The van der Waals surface area contributed by atoms with E-state index < -0.39 is 6.10 Å². The van der Waals surface area contributed by atoms with Crippen LogP contribution in [0.5, 0.6) is 0 Å². The van der Waals surface area contributed by atoms with Crippen LogP contribution >= 0.6 is 0 Å². The molecular formula is C21H21N3O2. The van der Waals surface area contributed by atoms with E-state index in [2.05, 4.69) is 15.3 Å². The summed E-state index contributed by atoms with van der Waals surface area (Å²) in [5, 5.41) is 13.2. The van der Waals surface area contributed by atoms with Crippen LogP contribution in [0.1, 0.15) is 33.2 Å². The van der Waals surface area contributed by atoms with Gasteiger partial charge in [-0.2, -0.15) is 0 Å². The van der Waals surface area contributed by atoms with Crippen molar-refractivity contribution < 1.29 is 9.90 Å². The Morgan fingerprint density at radius 1 is 1.12 bits per heavy atom. The molecule has 0 saturated heterocycles. The number of aromatic nitrogens is 2. The number of nitrogens with one attached hydrogen (secondary N) is 1. The van der Waals surface area contributed by atoms with Crippen molar-refractivity contribution in [3.63, 3.8) is 0 Å². The second kappa shape index (κ2) is 7.89. The molecule has 0 fully saturated rings. The van der Waals surface area contributed by atoms with Gasteiger partial charge in [0.25, 0.3) is 5.91 Å². The monoisotopic (exact) mass is 347 g/mol. The molecule has 0 aliphatic rings. The maximum Gasteiger partial charge on any atom is 0.255 e. The van der Waals surface area contributed by atoms with E-state index in [0.717, 1.165) is 22.3 Å². The lowest BCUT2D eigenvalue weighted by Crippen LogP contribution is -2.29. The predicted octanol–water partition coefficient (Wildman–Crippen LogP) is 3.22. The smallest absolute Gasteiger partial charge is 0.255 e. The number of aliphatic hydroxyl groups excluding tert-OH is 1. The molecule has 1 aromatic heterocycles. The summed E-state index contributed by atoms with van der Waals surface area (Å²) in [5.41, 5.74) is 4.73. The van der Waals surface area contributed by atoms with Crippen molar-refractivity contribution in [2.45, 2.75) is 20.0 Å². The van der Waals surface area contributed by atoms with Crippen LogP contribution in [0.15, 0.2) is 61.1 Å². The van der Waals surface area contributed by atoms with Gasteiger partial charge in [0.05, 0.1) is 17.4 Å². The highest BCUT2D eigenvalue weighted by molar-refractivity contribution is 5.99. The minimum atomic E-state index is -0.776. The van der Waals surface area contributed by atoms with Gasteiger partial charge < -0.3 is 10.4 Å². The number of aryl methyl sites for hydroxylation is 2. The predicted molar refractivity (Wildman–Crippen MR) is 101 cm³/mol. The summed E-state index contributed by atoms with van der Waals surface area (Å²) in [4.78, 5) is 20.8. The van der Waals surface area contributed by atoms with Gasteiger partial charge >= 0.3 is 0 Å². The standard InChI is InChI=1S/C21H21N3O2/c1-14-8-15(2)10-17(9-14)19(25)12-23-21(26)18-11-22-13-24-20(18)16-6-4-3-5-7-16/h3-11,13,19,25H,12H2,1-2H3,(H,23,26)/t19-/m0/s1. The van der Waals surface area contributed by atoms with Crippen LogP contribution in [0.3, 0.4) is 0 Å². The van der Waals surface area contributed by atoms with E-state index in [4.69, 9.17) is 0 Å². The van der Waals surface area contributed by atoms with Crippen LogP contribution in [0.2, 0.25) is 0 Å². The van der Waals surface area contributed by atoms with E-state index in [1.54, 1.807) is 0 Å². The molecule has 0 aliphatic carbocycles. The molecule has 0 bridgehead atoms. The molecule has 5 heteroatoms. The fourth-order valence-corrected chi connectivity index (χ4v) is 2.93. The molecule has 0 radical (unpaired) electrons. The first-order chi connectivity index (χ1) is 12.5. The van der Waals surface area contributed by atoms with Gasteiger partial charge in [-0.1, -0.05) is 59.7 Å². The average molecular weight is 347 g/mol. The Labute approximate surface area is 152 Å². The number of hydrogen-bond acceptors (Lipinski definition) is 4. The first-order valence-electron chi connectivity index (χ1n) is 8.44. The van der Waals surface area contributed by atoms with Crippen molar-refractivity contribution in [3.05, 3.63) is 83.3 Å². The van der Waals surface area contributed by atoms with Crippen molar-refractivity contribution in [1.82, 2.24) is 15.3 Å². The second-order valence-corrected chi connectivity index (χ2v) is 6.30. The summed E-state index contributed by atoms with van der Waals surface area (Å²) in [6, 6.07) is 15.4. The van der Waals surface area contributed by atoms with Crippen LogP contribution in [0.25, 0.3) is 11.3 Å². The van der Waals surface area contributed by atoms with E-state index in [0.29, 0.717) is 11.3 Å². The van der Waals surface area contributed by atoms with Crippen molar-refractivity contribution in [1.29, 1.82) is 0 Å². The Balaban J connectivity index is 1.75. The van der Waals surface area contributed by atoms with Gasteiger partial charge in [-0.15, -0.1) is 0 Å². The number of carbonyl (C=O) groups is 1. The molecule has 0 aliphatic heterocycles. The van der Waals surface area contributed by atoms with Crippen molar-refractivity contribution >= 4 is 5.91 Å². The Bertz CT molecular complexity index is 890. The first-order valence-corrected chi connectivity index (χ1v) is 8.44. The maximum absolute atomic E-state index is 12.6. The molecule has 0 unspecified atom stereocenters. The molecule has 0 spiro atoms. The van der Waals surface area contributed by atoms with Crippen molar-refractivity contribution in [2.24, 2.45) is 0 Å². The first kappa shape index (κ1) is 17.8. The van der Waals surface area contributed by atoms with Crippen LogP contribution < -0.4 is 5.32 Å². The van der Waals surface area contributed by atoms with Crippen molar-refractivity contribution in [2.75, 3.05) is 6.54 Å². The Kier molecular flexibility index (Phi) is 5.39. The molecule has 1 atom stereocenters. The zero-order valence-corrected chi connectivity index (χ0v) is 14.8. The van der Waals surface area contributed by atoms with Gasteiger partial charge in [0.1, 0.15) is 6.33 Å². The molecule has 3 rings (SSSR count). The van der Waals surface area contributed by atoms with Crippen LogP contribution in [-0.4, -0.2) is 27.5 Å². The molecular weight excluding hydrogens is 326 g/mol. The third-order valence-corrected chi connectivity index (χ3v) is 4.09. The number of carbonyl (C=O) groups excluding carboxylic acids is 1. The minimum Gasteiger partial charge on any atom is -0.387 e. The van der Waals surface area contributed by atoms with Gasteiger partial charge in [0.15, 0.2) is 0 Å². The van der Waals surface area contributed by atoms with E-state index in [1.807, 2.05) is 62.4 Å². The minimum absolute atomic E-state index is 0.116. The van der Waals surface area contributed by atoms with E-state index >= 15 is 0 Å². The second-order valence-electron chi connectivity index (χ2n) is 6.30. The third kappa shape index (κ3) is 4.13. The number of amides is 1. The summed E-state index contributed by atoms with van der Waals surface area (Å²) in [5.74, 6) is -0.312. The molecule has 1 heterocycles. The average Bonchev–Trinajstić information content (AvgIpc) is 2.65. The normalized spacial score (nSPS) is 11.8. The molecule has 2 N–H and O–H groups in total. The highest BCUT2D eigenvalue weighted by Gasteiger charge is 2.16. The molecule has 1 amide bonds. The Hall–Kier alpha value is -3.05. The van der Waals surface area contributed by atoms with Gasteiger partial charge in [-0.25, -0.2) is 9.97 Å². The molecule has 0 saturated carbocycles. The highest BCUT2D eigenvalue weighted by atomic mass is 16.3. The summed E-state index contributed by atoms with van der Waals surface area (Å²) < 4.78 is 0. The third-order valence-electron chi connectivity index (χ3n) is 4.09. The maximum atomic E-state index is 12.6. The largest absolute Gasteiger partial charge is 0.387 e. The molecule has 132 valence electrons. The number of rotatable bonds is 5. The Morgan fingerprint density at radius 3 is 2.50 bits per heavy atom. The van der Waals surface area contributed by atoms with Gasteiger partial charge in [0, 0.05) is 18.3 Å². The number of aliphatic hydroxyl groups is 1. The summed E-state index contributed by atoms with van der Waals surface area (Å²) in [6.07, 6.45) is 2.14. The SMILES string of the molecule is Cc1cc(C)cc([C@@H](O)CNC(=O)c2cncnc2-c2ccccc2)c1. The number of hydrogen-bond donors (Lipinski definition) is 2. The zero-order valence-electron chi connectivity index (χ0n) is 14.8. The number of benzene rings is 2. The molecule has 5 nitrogen and oxygen atoms in total. The van der Waals surface area contributed by atoms with Gasteiger partial charge in [-0.05, 0) is 19.4 Å². The summed E-state index contributed by atoms with van der Waals surface area (Å²) >= 11 is 0. The van der Waals surface area contributed by atoms with Crippen LogP contribution in [-0.2, 0) is 0 Å². The molecule has 2 aromatic carbocycles. The quantitative estimate of drug-likeness (QED) is 0.743. The molecule has 26 heavy (non-hydrogen) atoms. The number of nitrogens with zero attached hydrogens (tertiary/aromatic N) is 2. The summed E-state index contributed by atoms with van der Waals surface area (Å²) in [6.45, 7) is 4.08. The van der Waals surface area contributed by atoms with Gasteiger partial charge in [-0.3, -0.25) is 4.79 Å². The topological polar surface area (TPSA) is 75.1 Å². The Morgan fingerprint density at radius 2 is 1.81 bits per heavy atom. The van der Waals surface area contributed by atoms with Crippen molar-refractivity contribution in [3.8, 4) is 11.3 Å². The van der Waals surface area contributed by atoms with E-state index in [1.165, 1.54) is 12.5 Å². The van der Waals surface area contributed by atoms with E-state index in [9.17, 15) is 9.90 Å². The van der Waals surface area contributed by atoms with Crippen LogP contribution in [0.4, 0.5) is 0 Å². The highest BCUT2D eigenvalue weighted by Crippen LogP contribution is 2.20. The zero-order chi connectivity index (χ0) is 18.5. The van der Waals surface area contributed by atoms with Crippen LogP contribution in [0, 0.1) is 13.8 Å². The summed E-state index contributed by atoms with van der Waals surface area (Å²) in [7, 11) is 0.